The maximum atomic E-state index is 8.94. The molecule has 4 heteroatoms. The Balaban J connectivity index is 3.11. The van der Waals surface area contributed by atoms with Gasteiger partial charge in [0.2, 0.25) is 0 Å². The van der Waals surface area contributed by atoms with Crippen molar-refractivity contribution < 1.29 is 0 Å². The molecule has 2 N–H and O–H groups in total. The van der Waals surface area contributed by atoms with Crippen molar-refractivity contribution in [1.29, 1.82) is 5.26 Å². The lowest BCUT2D eigenvalue weighted by Gasteiger charge is -1.99. The van der Waals surface area contributed by atoms with E-state index in [0.717, 1.165) is 12.1 Å². The van der Waals surface area contributed by atoms with Crippen molar-refractivity contribution in [3.8, 4) is 6.07 Å². The highest BCUT2D eigenvalue weighted by atomic mass is 15.3. The van der Waals surface area contributed by atoms with Gasteiger partial charge in [-0.2, -0.15) is 10.4 Å². The van der Waals surface area contributed by atoms with E-state index in [2.05, 4.69) is 25.0 Å². The summed E-state index contributed by atoms with van der Waals surface area (Å²) in [6, 6.07) is 2.12. The molecule has 0 unspecified atom stereocenters. The first-order valence-electron chi connectivity index (χ1n) is 4.85. The van der Waals surface area contributed by atoms with Crippen LogP contribution >= 0.6 is 0 Å². The SMILES string of the molecule is CCn1nc(CC(C)C)c(C#N)c1N. The quantitative estimate of drug-likeness (QED) is 0.790. The third kappa shape index (κ3) is 1.87. The molecular formula is C10H16N4. The lowest BCUT2D eigenvalue weighted by molar-refractivity contribution is 0.602. The summed E-state index contributed by atoms with van der Waals surface area (Å²) in [6.07, 6.45) is 0.806. The highest BCUT2D eigenvalue weighted by Gasteiger charge is 2.14. The number of nitrogen functional groups attached to an aromatic ring is 1. The largest absolute Gasteiger partial charge is 0.383 e. The Hall–Kier alpha value is -1.50. The summed E-state index contributed by atoms with van der Waals surface area (Å²) in [5, 5.41) is 13.2. The molecule has 1 rings (SSSR count). The summed E-state index contributed by atoms with van der Waals surface area (Å²) in [5.74, 6) is 0.979. The van der Waals surface area contributed by atoms with Gasteiger partial charge in [0.1, 0.15) is 17.5 Å². The number of hydrogen-bond acceptors (Lipinski definition) is 3. The predicted molar refractivity (Wildman–Crippen MR) is 55.6 cm³/mol. The Labute approximate surface area is 84.3 Å². The molecule has 0 amide bonds. The van der Waals surface area contributed by atoms with Crippen LogP contribution in [0, 0.1) is 17.2 Å². The zero-order chi connectivity index (χ0) is 10.7. The molecule has 0 spiro atoms. The van der Waals surface area contributed by atoms with Crippen LogP contribution in [0.15, 0.2) is 0 Å². The smallest absolute Gasteiger partial charge is 0.140 e. The maximum Gasteiger partial charge on any atom is 0.140 e. The fraction of sp³-hybridized carbons (Fsp3) is 0.600. The lowest BCUT2D eigenvalue weighted by Crippen LogP contribution is -2.02. The van der Waals surface area contributed by atoms with E-state index >= 15 is 0 Å². The average Bonchev–Trinajstić information content (AvgIpc) is 2.41. The number of nitrogens with zero attached hydrogens (tertiary/aromatic N) is 3. The molecule has 0 aliphatic rings. The molecule has 0 saturated heterocycles. The number of rotatable bonds is 3. The number of hydrogen-bond donors (Lipinski definition) is 1. The minimum Gasteiger partial charge on any atom is -0.383 e. The Morgan fingerprint density at radius 1 is 1.57 bits per heavy atom. The van der Waals surface area contributed by atoms with Crippen molar-refractivity contribution >= 4 is 5.82 Å². The van der Waals surface area contributed by atoms with E-state index in [9.17, 15) is 0 Å². The van der Waals surface area contributed by atoms with Crippen LogP contribution in [0.5, 0.6) is 0 Å². The molecule has 1 aromatic heterocycles. The second kappa shape index (κ2) is 4.14. The van der Waals surface area contributed by atoms with Gasteiger partial charge in [-0.25, -0.2) is 4.68 Å². The van der Waals surface area contributed by atoms with E-state index < -0.39 is 0 Å². The topological polar surface area (TPSA) is 67.6 Å². The van der Waals surface area contributed by atoms with Crippen LogP contribution in [0.1, 0.15) is 32.0 Å². The van der Waals surface area contributed by atoms with E-state index in [0.29, 0.717) is 23.8 Å². The number of anilines is 1. The third-order valence-corrected chi connectivity index (χ3v) is 2.08. The molecule has 1 aromatic rings. The van der Waals surface area contributed by atoms with Crippen LogP contribution in [0.4, 0.5) is 5.82 Å². The van der Waals surface area contributed by atoms with Crippen LogP contribution in [0.25, 0.3) is 0 Å². The van der Waals surface area contributed by atoms with Crippen molar-refractivity contribution in [2.24, 2.45) is 5.92 Å². The number of nitrogens with two attached hydrogens (primary N) is 1. The van der Waals surface area contributed by atoms with Gasteiger partial charge in [-0.1, -0.05) is 13.8 Å². The summed E-state index contributed by atoms with van der Waals surface area (Å²) < 4.78 is 1.68. The van der Waals surface area contributed by atoms with Crippen molar-refractivity contribution in [3.05, 3.63) is 11.3 Å². The zero-order valence-electron chi connectivity index (χ0n) is 8.91. The first-order chi connectivity index (χ1) is 6.60. The molecule has 76 valence electrons. The molecule has 0 fully saturated rings. The number of nitriles is 1. The van der Waals surface area contributed by atoms with Crippen molar-refractivity contribution in [3.63, 3.8) is 0 Å². The molecule has 1 heterocycles. The molecule has 0 atom stereocenters. The Morgan fingerprint density at radius 2 is 2.21 bits per heavy atom. The van der Waals surface area contributed by atoms with E-state index in [-0.39, 0.29) is 0 Å². The molecule has 0 aromatic carbocycles. The molecular weight excluding hydrogens is 176 g/mol. The van der Waals surface area contributed by atoms with Gasteiger partial charge < -0.3 is 5.73 Å². The second-order valence-corrected chi connectivity index (χ2v) is 3.73. The fourth-order valence-electron chi connectivity index (χ4n) is 1.42. The number of aryl methyl sites for hydroxylation is 1. The van der Waals surface area contributed by atoms with Crippen LogP contribution in [0.3, 0.4) is 0 Å². The van der Waals surface area contributed by atoms with Gasteiger partial charge in [0.25, 0.3) is 0 Å². The van der Waals surface area contributed by atoms with E-state index in [1.54, 1.807) is 4.68 Å². The Bertz CT molecular complexity index is 357. The highest BCUT2D eigenvalue weighted by Crippen LogP contribution is 2.18. The van der Waals surface area contributed by atoms with E-state index in [1.165, 1.54) is 0 Å². The molecule has 0 radical (unpaired) electrons. The zero-order valence-corrected chi connectivity index (χ0v) is 8.91. The first-order valence-corrected chi connectivity index (χ1v) is 4.85. The van der Waals surface area contributed by atoms with Crippen LogP contribution in [-0.4, -0.2) is 9.78 Å². The van der Waals surface area contributed by atoms with Crippen LogP contribution < -0.4 is 5.73 Å². The Morgan fingerprint density at radius 3 is 2.64 bits per heavy atom. The summed E-state index contributed by atoms with van der Waals surface area (Å²) in [6.45, 7) is 6.87. The summed E-state index contributed by atoms with van der Waals surface area (Å²) >= 11 is 0. The van der Waals surface area contributed by atoms with E-state index in [1.807, 2.05) is 6.92 Å². The maximum absolute atomic E-state index is 8.94. The summed E-state index contributed by atoms with van der Waals surface area (Å²) in [5.41, 5.74) is 7.14. The van der Waals surface area contributed by atoms with Crippen molar-refractivity contribution in [2.45, 2.75) is 33.7 Å². The predicted octanol–water partition coefficient (Wildman–Crippen LogP) is 1.56. The fourth-order valence-corrected chi connectivity index (χ4v) is 1.42. The minimum absolute atomic E-state index is 0.488. The summed E-state index contributed by atoms with van der Waals surface area (Å²) in [4.78, 5) is 0. The molecule has 4 nitrogen and oxygen atoms in total. The second-order valence-electron chi connectivity index (χ2n) is 3.73. The normalized spacial score (nSPS) is 10.5. The molecule has 14 heavy (non-hydrogen) atoms. The van der Waals surface area contributed by atoms with Crippen molar-refractivity contribution in [1.82, 2.24) is 9.78 Å². The van der Waals surface area contributed by atoms with Crippen molar-refractivity contribution in [2.75, 3.05) is 5.73 Å². The molecule has 0 aliphatic carbocycles. The summed E-state index contributed by atoms with van der Waals surface area (Å²) in [7, 11) is 0. The van der Waals surface area contributed by atoms with Gasteiger partial charge in [-0.05, 0) is 19.3 Å². The average molecular weight is 192 g/mol. The van der Waals surface area contributed by atoms with E-state index in [4.69, 9.17) is 11.0 Å². The standard InChI is InChI=1S/C10H16N4/c1-4-14-10(12)8(6-11)9(13-14)5-7(2)3/h7H,4-5,12H2,1-3H3. The van der Waals surface area contributed by atoms with Crippen LogP contribution in [-0.2, 0) is 13.0 Å². The van der Waals surface area contributed by atoms with Gasteiger partial charge in [-0.15, -0.1) is 0 Å². The van der Waals surface area contributed by atoms with Gasteiger partial charge in [-0.3, -0.25) is 0 Å². The molecule has 0 aliphatic heterocycles. The highest BCUT2D eigenvalue weighted by molar-refractivity contribution is 5.52. The van der Waals surface area contributed by atoms with Gasteiger partial charge in [0, 0.05) is 6.54 Å². The van der Waals surface area contributed by atoms with Gasteiger partial charge in [0.15, 0.2) is 0 Å². The molecule has 0 saturated carbocycles. The van der Waals surface area contributed by atoms with Crippen LogP contribution in [0.2, 0.25) is 0 Å². The van der Waals surface area contributed by atoms with Gasteiger partial charge in [0.05, 0.1) is 5.69 Å². The van der Waals surface area contributed by atoms with Gasteiger partial charge >= 0.3 is 0 Å². The monoisotopic (exact) mass is 192 g/mol. The minimum atomic E-state index is 0.488. The number of aromatic nitrogens is 2. The lowest BCUT2D eigenvalue weighted by atomic mass is 10.1. The first kappa shape index (κ1) is 10.6. The molecule has 0 bridgehead atoms. The Kier molecular flexibility index (Phi) is 3.13. The third-order valence-electron chi connectivity index (χ3n) is 2.08.